The molecule has 0 bridgehead atoms. The number of ether oxygens (including phenoxy) is 2. The van der Waals surface area contributed by atoms with Crippen molar-refractivity contribution in [1.29, 1.82) is 0 Å². The fourth-order valence-corrected chi connectivity index (χ4v) is 6.89. The van der Waals surface area contributed by atoms with Crippen LogP contribution in [0, 0.1) is 35.2 Å². The summed E-state index contributed by atoms with van der Waals surface area (Å²) in [5.74, 6) is -3.25. The number of carbonyl (C=O) groups excluding carboxylic acids is 1. The molecule has 44 heavy (non-hydrogen) atoms. The predicted molar refractivity (Wildman–Crippen MR) is 156 cm³/mol. The second-order valence-corrected chi connectivity index (χ2v) is 12.2. The quantitative estimate of drug-likeness (QED) is 0.336. The van der Waals surface area contributed by atoms with Crippen molar-refractivity contribution in [3.8, 4) is 0 Å². The maximum Gasteiger partial charge on any atom is 0.411 e. The van der Waals surface area contributed by atoms with E-state index in [1.165, 1.54) is 4.90 Å². The van der Waals surface area contributed by atoms with Crippen molar-refractivity contribution in [2.24, 2.45) is 17.8 Å². The van der Waals surface area contributed by atoms with Gasteiger partial charge in [-0.1, -0.05) is 6.08 Å². The average Bonchev–Trinajstić information content (AvgIpc) is 3.27. The number of carboxylic acid groups (broad SMARTS) is 1. The van der Waals surface area contributed by atoms with Gasteiger partial charge in [0.2, 0.25) is 0 Å². The second-order valence-electron chi connectivity index (χ2n) is 12.2. The highest BCUT2D eigenvalue weighted by atomic mass is 19.2. The first-order chi connectivity index (χ1) is 21.1. The highest BCUT2D eigenvalue weighted by Gasteiger charge is 2.41. The highest BCUT2D eigenvalue weighted by Crippen LogP contribution is 2.42. The van der Waals surface area contributed by atoms with Crippen LogP contribution in [0.1, 0.15) is 68.4 Å². The first kappa shape index (κ1) is 30.0. The van der Waals surface area contributed by atoms with Crippen molar-refractivity contribution in [3.05, 3.63) is 76.4 Å². The van der Waals surface area contributed by atoms with Gasteiger partial charge in [-0.3, -0.25) is 9.69 Å². The molecule has 3 atom stereocenters. The molecule has 2 aromatic rings. The first-order valence-electron chi connectivity index (χ1n) is 15.2. The molecule has 3 fully saturated rings. The molecule has 2 saturated heterocycles. The molecule has 8 nitrogen and oxygen atoms in total. The van der Waals surface area contributed by atoms with Gasteiger partial charge >= 0.3 is 12.1 Å². The van der Waals surface area contributed by atoms with Gasteiger partial charge in [0.1, 0.15) is 17.7 Å². The Morgan fingerprint density at radius 1 is 1.11 bits per heavy atom. The van der Waals surface area contributed by atoms with Crippen molar-refractivity contribution in [2.75, 3.05) is 25.1 Å². The van der Waals surface area contributed by atoms with Gasteiger partial charge in [-0.25, -0.2) is 22.9 Å². The number of methoxy groups -OCH3 is 1. The minimum atomic E-state index is -1.57. The van der Waals surface area contributed by atoms with E-state index in [1.54, 1.807) is 14.0 Å². The number of rotatable bonds is 8. The summed E-state index contributed by atoms with van der Waals surface area (Å²) >= 11 is 0. The third kappa shape index (κ3) is 5.64. The Morgan fingerprint density at radius 3 is 2.43 bits per heavy atom. The summed E-state index contributed by atoms with van der Waals surface area (Å²) in [4.78, 5) is 33.3. The minimum Gasteiger partial charge on any atom is -0.496 e. The van der Waals surface area contributed by atoms with Crippen molar-refractivity contribution < 1.29 is 37.3 Å². The van der Waals surface area contributed by atoms with E-state index in [0.29, 0.717) is 30.2 Å². The van der Waals surface area contributed by atoms with Gasteiger partial charge in [0.15, 0.2) is 17.5 Å². The zero-order valence-electron chi connectivity index (χ0n) is 24.8. The van der Waals surface area contributed by atoms with E-state index in [2.05, 4.69) is 17.1 Å². The molecule has 0 spiro atoms. The lowest BCUT2D eigenvalue weighted by atomic mass is 9.72. The SMILES string of the molecule is COC1=CCC(C2CCC(C(=O)O)CC2)C=C1c1ccc(N2CCC2)nc1CN1C(=O)O[C@H](c2cc(F)c(F)c(F)c2)[C@@H]1C. The summed E-state index contributed by atoms with van der Waals surface area (Å²) in [6.07, 6.45) is 7.45. The van der Waals surface area contributed by atoms with Crippen LogP contribution in [-0.4, -0.2) is 53.3 Å². The Labute approximate surface area is 254 Å². The number of carboxylic acids is 1. The average molecular weight is 612 g/mol. The van der Waals surface area contributed by atoms with Crippen molar-refractivity contribution in [1.82, 2.24) is 9.88 Å². The number of benzene rings is 1. The lowest BCUT2D eigenvalue weighted by molar-refractivity contribution is -0.143. The second kappa shape index (κ2) is 12.2. The van der Waals surface area contributed by atoms with Crippen molar-refractivity contribution in [2.45, 2.75) is 64.1 Å². The van der Waals surface area contributed by atoms with Crippen LogP contribution in [0.2, 0.25) is 0 Å². The lowest BCUT2D eigenvalue weighted by Gasteiger charge is -2.34. The molecule has 1 N–H and O–H groups in total. The number of pyridine rings is 1. The standard InChI is InChI=1S/C33H36F3N3O5/c1-18-31(22-15-25(34)30(36)26(35)16-22)44-33(42)39(18)17-27-23(9-11-29(37-27)38-12-3-13-38)24-14-21(8-10-28(24)43-2)19-4-6-20(7-5-19)32(40)41/h9-11,14-16,18-21,31H,3-8,12-13,17H2,1-2H3,(H,40,41)/t18-,19?,20?,21?,31-/m0/s1. The number of nitrogens with zero attached hydrogens (tertiary/aromatic N) is 3. The minimum absolute atomic E-state index is 0.0346. The molecule has 1 saturated carbocycles. The Hall–Kier alpha value is -4.02. The van der Waals surface area contributed by atoms with Gasteiger partial charge < -0.3 is 19.5 Å². The molecule has 4 aliphatic rings. The van der Waals surface area contributed by atoms with Crippen molar-refractivity contribution >= 4 is 23.5 Å². The third-order valence-corrected chi connectivity index (χ3v) is 9.64. The Bertz CT molecular complexity index is 1490. The Morgan fingerprint density at radius 2 is 1.82 bits per heavy atom. The smallest absolute Gasteiger partial charge is 0.411 e. The fourth-order valence-electron chi connectivity index (χ4n) is 6.89. The van der Waals surface area contributed by atoms with Gasteiger partial charge in [-0.05, 0) is 87.6 Å². The van der Waals surface area contributed by atoms with Gasteiger partial charge in [0.25, 0.3) is 0 Å². The zero-order valence-corrected chi connectivity index (χ0v) is 24.8. The topological polar surface area (TPSA) is 92.2 Å². The summed E-state index contributed by atoms with van der Waals surface area (Å²) in [5, 5.41) is 9.44. The van der Waals surface area contributed by atoms with Crippen LogP contribution in [0.25, 0.3) is 5.57 Å². The number of allylic oxidation sites excluding steroid dienone is 3. The highest BCUT2D eigenvalue weighted by molar-refractivity contribution is 5.80. The molecule has 2 aliphatic heterocycles. The van der Waals surface area contributed by atoms with Gasteiger partial charge in [-0.2, -0.15) is 0 Å². The van der Waals surface area contributed by atoms with Crippen LogP contribution in [0.3, 0.4) is 0 Å². The first-order valence-corrected chi connectivity index (χ1v) is 15.2. The number of carbonyl (C=O) groups is 2. The van der Waals surface area contributed by atoms with E-state index in [4.69, 9.17) is 14.5 Å². The van der Waals surface area contributed by atoms with E-state index in [-0.39, 0.29) is 23.9 Å². The summed E-state index contributed by atoms with van der Waals surface area (Å²) in [6, 6.07) is 5.05. The van der Waals surface area contributed by atoms with Crippen LogP contribution < -0.4 is 4.90 Å². The maximum absolute atomic E-state index is 14.0. The largest absolute Gasteiger partial charge is 0.496 e. The van der Waals surface area contributed by atoms with E-state index in [0.717, 1.165) is 67.9 Å². The van der Waals surface area contributed by atoms with Gasteiger partial charge in [-0.15, -0.1) is 0 Å². The number of amides is 1. The number of anilines is 1. The third-order valence-electron chi connectivity index (χ3n) is 9.64. The molecule has 1 aromatic heterocycles. The van der Waals surface area contributed by atoms with Crippen LogP contribution in [-0.2, 0) is 20.8 Å². The molecule has 11 heteroatoms. The molecular weight excluding hydrogens is 575 g/mol. The number of halogens is 3. The van der Waals surface area contributed by atoms with Crippen LogP contribution >= 0.6 is 0 Å². The number of aromatic nitrogens is 1. The number of cyclic esters (lactones) is 1. The van der Waals surface area contributed by atoms with Crippen LogP contribution in [0.15, 0.2) is 42.2 Å². The molecule has 1 unspecified atom stereocenters. The van der Waals surface area contributed by atoms with Gasteiger partial charge in [0.05, 0.1) is 31.3 Å². The molecule has 234 valence electrons. The normalized spacial score (nSPS) is 26.9. The summed E-state index contributed by atoms with van der Waals surface area (Å²) in [6.45, 7) is 3.55. The van der Waals surface area contributed by atoms with E-state index >= 15 is 0 Å². The summed E-state index contributed by atoms with van der Waals surface area (Å²) in [5.41, 5.74) is 2.32. The van der Waals surface area contributed by atoms with Crippen molar-refractivity contribution in [3.63, 3.8) is 0 Å². The molecule has 1 amide bonds. The fraction of sp³-hybridized carbons (Fsp3) is 0.485. The Balaban J connectivity index is 1.31. The zero-order chi connectivity index (χ0) is 31.1. The number of hydrogen-bond acceptors (Lipinski definition) is 6. The van der Waals surface area contributed by atoms with Gasteiger partial charge in [0, 0.05) is 29.8 Å². The molecular formula is C33H36F3N3O5. The van der Waals surface area contributed by atoms with E-state index < -0.39 is 41.7 Å². The summed E-state index contributed by atoms with van der Waals surface area (Å²) in [7, 11) is 1.62. The monoisotopic (exact) mass is 611 g/mol. The van der Waals surface area contributed by atoms with E-state index in [1.807, 2.05) is 12.1 Å². The maximum atomic E-state index is 14.0. The molecule has 2 aliphatic carbocycles. The predicted octanol–water partition coefficient (Wildman–Crippen LogP) is 6.62. The van der Waals surface area contributed by atoms with Crippen LogP contribution in [0.5, 0.6) is 0 Å². The summed E-state index contributed by atoms with van der Waals surface area (Å²) < 4.78 is 53.1. The number of aliphatic carboxylic acids is 1. The molecule has 0 radical (unpaired) electrons. The Kier molecular flexibility index (Phi) is 8.30. The number of hydrogen-bond donors (Lipinski definition) is 1. The molecule has 1 aromatic carbocycles. The lowest BCUT2D eigenvalue weighted by Crippen LogP contribution is -2.38. The van der Waals surface area contributed by atoms with Crippen LogP contribution in [0.4, 0.5) is 23.8 Å². The van der Waals surface area contributed by atoms with E-state index in [9.17, 15) is 27.9 Å². The molecule has 3 heterocycles. The molecule has 6 rings (SSSR count).